The zero-order valence-electron chi connectivity index (χ0n) is 20.9. The number of carbonyl (C=O) groups excluding carboxylic acids is 1. The molecular formula is C27H42N2O2Si. The smallest absolute Gasteiger partial charge is 0.235 e. The first-order valence-corrected chi connectivity index (χ1v) is 15.8. The number of fused-ring (bicyclic) bond motifs is 2. The molecule has 1 N–H and O–H groups in total. The first-order chi connectivity index (χ1) is 15.0. The van der Waals surface area contributed by atoms with E-state index in [1.165, 1.54) is 56.2 Å². The monoisotopic (exact) mass is 454 g/mol. The minimum absolute atomic E-state index is 0.240. The number of nitrogens with zero attached hydrogens (tertiary/aromatic N) is 1. The summed E-state index contributed by atoms with van der Waals surface area (Å²) < 4.78 is 6.69. The van der Waals surface area contributed by atoms with Gasteiger partial charge >= 0.3 is 0 Å². The lowest BCUT2D eigenvalue weighted by molar-refractivity contribution is -0.121. The van der Waals surface area contributed by atoms with Gasteiger partial charge in [-0.1, -0.05) is 40.0 Å². The zero-order valence-corrected chi connectivity index (χ0v) is 21.9. The maximum atomic E-state index is 12.9. The van der Waals surface area contributed by atoms with Gasteiger partial charge in [-0.05, 0) is 85.8 Å². The molecule has 32 heavy (non-hydrogen) atoms. The van der Waals surface area contributed by atoms with Gasteiger partial charge in [0, 0.05) is 30.6 Å². The van der Waals surface area contributed by atoms with Gasteiger partial charge in [0.15, 0.2) is 8.32 Å². The molecule has 2 aliphatic carbocycles. The summed E-state index contributed by atoms with van der Waals surface area (Å²) in [6, 6.07) is 6.73. The van der Waals surface area contributed by atoms with E-state index < -0.39 is 8.32 Å². The Kier molecular flexibility index (Phi) is 5.33. The Morgan fingerprint density at radius 3 is 2.31 bits per heavy atom. The largest absolute Gasteiger partial charge is 0.414 e. The predicted molar refractivity (Wildman–Crippen MR) is 135 cm³/mol. The molecule has 2 saturated carbocycles. The number of benzene rings is 1. The second kappa shape index (κ2) is 7.59. The quantitative estimate of drug-likeness (QED) is 0.522. The number of anilines is 2. The molecule has 4 nitrogen and oxygen atoms in total. The summed E-state index contributed by atoms with van der Waals surface area (Å²) in [7, 11) is -1.66. The van der Waals surface area contributed by atoms with E-state index >= 15 is 0 Å². The van der Waals surface area contributed by atoms with Crippen molar-refractivity contribution in [1.29, 1.82) is 0 Å². The van der Waals surface area contributed by atoms with Gasteiger partial charge in [0.25, 0.3) is 0 Å². The standard InChI is InChI=1S/C27H42N2O2Si/c1-25(2,3)32(4,5)31-21-18-26(19-21)13-15-29(16-14-26)20-9-10-23-22(17-20)27(24(30)28-23)11-7-6-8-12-27/h9-10,17,21H,6-8,11-16,18-19H2,1-5H3,(H,28,30). The van der Waals surface area contributed by atoms with Crippen LogP contribution in [-0.4, -0.2) is 33.4 Å². The van der Waals surface area contributed by atoms with Crippen molar-refractivity contribution < 1.29 is 9.22 Å². The Balaban J connectivity index is 1.23. The zero-order chi connectivity index (χ0) is 22.8. The van der Waals surface area contributed by atoms with Gasteiger partial charge in [-0.15, -0.1) is 0 Å². The van der Waals surface area contributed by atoms with Gasteiger partial charge in [-0.2, -0.15) is 0 Å². The molecule has 2 heterocycles. The number of hydrogen-bond donors (Lipinski definition) is 1. The van der Waals surface area contributed by atoms with Crippen LogP contribution in [0.1, 0.15) is 84.1 Å². The fourth-order valence-electron chi connectivity index (χ4n) is 6.48. The fourth-order valence-corrected chi connectivity index (χ4v) is 7.83. The van der Waals surface area contributed by atoms with Gasteiger partial charge in [0.1, 0.15) is 0 Å². The Morgan fingerprint density at radius 1 is 1.03 bits per heavy atom. The Hall–Kier alpha value is -1.33. The SMILES string of the molecule is CC(C)(C)[Si](C)(C)OC1CC2(CCN(c3ccc4c(c3)C3(CCCCC3)C(=O)N4)CC2)C1. The van der Waals surface area contributed by atoms with Crippen molar-refractivity contribution in [3.05, 3.63) is 23.8 Å². The molecule has 0 radical (unpaired) electrons. The number of carbonyl (C=O) groups is 1. The topological polar surface area (TPSA) is 41.6 Å². The third kappa shape index (κ3) is 3.64. The summed E-state index contributed by atoms with van der Waals surface area (Å²) in [6.07, 6.45) is 11.1. The van der Waals surface area contributed by atoms with Crippen LogP contribution >= 0.6 is 0 Å². The average molecular weight is 455 g/mol. The summed E-state index contributed by atoms with van der Waals surface area (Å²) in [6.45, 7) is 14.0. The van der Waals surface area contributed by atoms with Gasteiger partial charge in [-0.25, -0.2) is 0 Å². The van der Waals surface area contributed by atoms with Crippen LogP contribution < -0.4 is 10.2 Å². The maximum absolute atomic E-state index is 12.9. The molecule has 2 spiro atoms. The maximum Gasteiger partial charge on any atom is 0.235 e. The molecule has 4 aliphatic rings. The van der Waals surface area contributed by atoms with Crippen LogP contribution in [0.2, 0.25) is 18.1 Å². The van der Waals surface area contributed by atoms with Gasteiger partial charge in [0.05, 0.1) is 5.41 Å². The Morgan fingerprint density at radius 2 is 1.69 bits per heavy atom. The molecule has 5 rings (SSSR count). The summed E-state index contributed by atoms with van der Waals surface area (Å²) in [4.78, 5) is 15.4. The molecule has 176 valence electrons. The highest BCUT2D eigenvalue weighted by molar-refractivity contribution is 6.74. The predicted octanol–water partition coefficient (Wildman–Crippen LogP) is 6.61. The van der Waals surface area contributed by atoms with E-state index in [2.05, 4.69) is 62.3 Å². The van der Waals surface area contributed by atoms with Crippen molar-refractivity contribution in [3.63, 3.8) is 0 Å². The Labute approximate surface area is 195 Å². The van der Waals surface area contributed by atoms with Gasteiger partial charge in [-0.3, -0.25) is 4.79 Å². The molecule has 1 aromatic rings. The van der Waals surface area contributed by atoms with Gasteiger partial charge in [0.2, 0.25) is 5.91 Å². The van der Waals surface area contributed by atoms with E-state index in [-0.39, 0.29) is 11.3 Å². The van der Waals surface area contributed by atoms with Crippen molar-refractivity contribution in [2.45, 2.75) is 108 Å². The molecule has 2 aliphatic heterocycles. The minimum Gasteiger partial charge on any atom is -0.414 e. The van der Waals surface area contributed by atoms with E-state index in [1.807, 2.05) is 0 Å². The van der Waals surface area contributed by atoms with Crippen LogP contribution in [0.3, 0.4) is 0 Å². The van der Waals surface area contributed by atoms with Crippen molar-refractivity contribution in [2.75, 3.05) is 23.3 Å². The van der Waals surface area contributed by atoms with E-state index in [1.54, 1.807) is 0 Å². The lowest BCUT2D eigenvalue weighted by Gasteiger charge is -2.55. The Bertz CT molecular complexity index is 881. The summed E-state index contributed by atoms with van der Waals surface area (Å²) >= 11 is 0. The van der Waals surface area contributed by atoms with Crippen molar-refractivity contribution >= 4 is 25.6 Å². The third-order valence-electron chi connectivity index (χ3n) is 9.69. The second-order valence-electron chi connectivity index (χ2n) is 12.7. The van der Waals surface area contributed by atoms with Crippen LogP contribution in [0, 0.1) is 5.41 Å². The second-order valence-corrected chi connectivity index (χ2v) is 17.5. The lowest BCUT2D eigenvalue weighted by Crippen LogP contribution is -2.54. The normalized spacial score (nSPS) is 25.0. The van der Waals surface area contributed by atoms with E-state index in [9.17, 15) is 4.79 Å². The molecule has 0 aromatic heterocycles. The molecule has 3 fully saturated rings. The van der Waals surface area contributed by atoms with E-state index in [4.69, 9.17) is 4.43 Å². The van der Waals surface area contributed by atoms with Crippen LogP contribution in [0.4, 0.5) is 11.4 Å². The van der Waals surface area contributed by atoms with Crippen LogP contribution in [-0.2, 0) is 14.6 Å². The van der Waals surface area contributed by atoms with Crippen molar-refractivity contribution in [2.24, 2.45) is 5.41 Å². The highest BCUT2D eigenvalue weighted by atomic mass is 28.4. The summed E-state index contributed by atoms with van der Waals surface area (Å²) in [5, 5.41) is 3.48. The molecule has 1 amide bonds. The van der Waals surface area contributed by atoms with E-state index in [0.717, 1.165) is 31.6 Å². The molecule has 5 heteroatoms. The fraction of sp³-hybridized carbons (Fsp3) is 0.741. The van der Waals surface area contributed by atoms with Crippen molar-refractivity contribution in [1.82, 2.24) is 0 Å². The number of amides is 1. The molecular weight excluding hydrogens is 412 g/mol. The highest BCUT2D eigenvalue weighted by Crippen LogP contribution is 2.53. The van der Waals surface area contributed by atoms with Crippen molar-refractivity contribution in [3.8, 4) is 0 Å². The molecule has 0 atom stereocenters. The molecule has 1 saturated heterocycles. The highest BCUT2D eigenvalue weighted by Gasteiger charge is 2.50. The summed E-state index contributed by atoms with van der Waals surface area (Å²) in [5.41, 5.74) is 3.88. The number of nitrogens with one attached hydrogen (secondary N) is 1. The number of hydrogen-bond acceptors (Lipinski definition) is 3. The number of piperidine rings is 1. The van der Waals surface area contributed by atoms with E-state index in [0.29, 0.717) is 16.6 Å². The first-order valence-electron chi connectivity index (χ1n) is 12.9. The van der Waals surface area contributed by atoms with Crippen LogP contribution in [0.15, 0.2) is 18.2 Å². The molecule has 1 aromatic carbocycles. The average Bonchev–Trinajstić information content (AvgIpc) is 2.98. The van der Waals surface area contributed by atoms with Crippen LogP contribution in [0.5, 0.6) is 0 Å². The summed E-state index contributed by atoms with van der Waals surface area (Å²) in [5.74, 6) is 0.240. The van der Waals surface area contributed by atoms with Gasteiger partial charge < -0.3 is 14.6 Å². The molecule has 0 bridgehead atoms. The van der Waals surface area contributed by atoms with Crippen LogP contribution in [0.25, 0.3) is 0 Å². The first kappa shape index (κ1) is 22.5. The minimum atomic E-state index is -1.66. The molecule has 0 unspecified atom stereocenters. The number of rotatable bonds is 3. The third-order valence-corrected chi connectivity index (χ3v) is 14.2. The lowest BCUT2D eigenvalue weighted by atomic mass is 9.61.